The third-order valence-corrected chi connectivity index (χ3v) is 7.99. The van der Waals surface area contributed by atoms with Gasteiger partial charge in [-0.15, -0.1) is 0 Å². The number of rotatable bonds is 35. The summed E-state index contributed by atoms with van der Waals surface area (Å²) in [4.78, 5) is 37.7. The first-order chi connectivity index (χ1) is 30.0. The first-order valence-electron chi connectivity index (χ1n) is 22.2. The van der Waals surface area contributed by atoms with Crippen molar-refractivity contribution in [2.75, 3.05) is 13.2 Å². The molecule has 6 nitrogen and oxygen atoms in total. The van der Waals surface area contributed by atoms with Gasteiger partial charge in [0, 0.05) is 19.3 Å². The SMILES string of the molecule is CC\C=C/C=C\C=C/C=C\C=C/CCCC(=O)OCC(COC(=O)CCCCC\C=C/C=C/C=C\C=C/C=C\C=C/CC)OC(=O)CCC\C=C/C=C\C=C/C=C\C=C/CC. The molecule has 0 saturated carbocycles. The zero-order valence-corrected chi connectivity index (χ0v) is 37.3. The molecule has 330 valence electrons. The summed E-state index contributed by atoms with van der Waals surface area (Å²) in [6.45, 7) is 5.97. The Morgan fingerprint density at radius 3 is 0.951 bits per heavy atom. The lowest BCUT2D eigenvalue weighted by Gasteiger charge is -2.18. The maximum atomic E-state index is 12.7. The summed E-state index contributed by atoms with van der Waals surface area (Å²) in [7, 11) is 0. The van der Waals surface area contributed by atoms with Gasteiger partial charge in [0.2, 0.25) is 0 Å². The van der Waals surface area contributed by atoms with Crippen molar-refractivity contribution < 1.29 is 28.6 Å². The van der Waals surface area contributed by atoms with E-state index in [9.17, 15) is 14.4 Å². The van der Waals surface area contributed by atoms with Crippen molar-refractivity contribution in [1.82, 2.24) is 0 Å². The second kappa shape index (κ2) is 46.9. The van der Waals surface area contributed by atoms with E-state index in [1.807, 2.05) is 170 Å². The van der Waals surface area contributed by atoms with E-state index in [4.69, 9.17) is 14.2 Å². The zero-order chi connectivity index (χ0) is 44.4. The van der Waals surface area contributed by atoms with Crippen molar-refractivity contribution >= 4 is 17.9 Å². The van der Waals surface area contributed by atoms with Crippen LogP contribution in [0.1, 0.15) is 111 Å². The van der Waals surface area contributed by atoms with Crippen LogP contribution in [0.5, 0.6) is 0 Å². The van der Waals surface area contributed by atoms with E-state index in [0.717, 1.165) is 44.9 Å². The molecule has 0 bridgehead atoms. The highest BCUT2D eigenvalue weighted by Gasteiger charge is 2.19. The van der Waals surface area contributed by atoms with Crippen LogP contribution in [-0.2, 0) is 28.6 Å². The molecule has 0 aliphatic heterocycles. The van der Waals surface area contributed by atoms with Crippen LogP contribution in [-0.4, -0.2) is 37.2 Å². The molecule has 0 radical (unpaired) electrons. The predicted octanol–water partition coefficient (Wildman–Crippen LogP) is 14.4. The molecule has 6 heteroatoms. The van der Waals surface area contributed by atoms with Crippen molar-refractivity contribution in [1.29, 1.82) is 0 Å². The van der Waals surface area contributed by atoms with E-state index in [2.05, 4.69) is 45.1 Å². The molecule has 0 aliphatic carbocycles. The van der Waals surface area contributed by atoms with Gasteiger partial charge >= 0.3 is 17.9 Å². The number of allylic oxidation sites excluding steroid dienone is 32. The number of hydrogen-bond acceptors (Lipinski definition) is 6. The maximum Gasteiger partial charge on any atom is 0.306 e. The summed E-state index contributed by atoms with van der Waals surface area (Å²) in [5.41, 5.74) is 0. The molecule has 61 heavy (non-hydrogen) atoms. The second-order valence-electron chi connectivity index (χ2n) is 13.5. The molecule has 0 spiro atoms. The molecule has 0 N–H and O–H groups in total. The van der Waals surface area contributed by atoms with Crippen LogP contribution in [0.4, 0.5) is 0 Å². The molecule has 0 rings (SSSR count). The number of unbranched alkanes of at least 4 members (excludes halogenated alkanes) is 5. The van der Waals surface area contributed by atoms with E-state index < -0.39 is 18.0 Å². The lowest BCUT2D eigenvalue weighted by atomic mass is 10.1. The molecule has 0 heterocycles. The van der Waals surface area contributed by atoms with Gasteiger partial charge in [-0.1, -0.05) is 222 Å². The molecule has 0 amide bonds. The highest BCUT2D eigenvalue weighted by molar-refractivity contribution is 5.71. The van der Waals surface area contributed by atoms with Gasteiger partial charge in [-0.3, -0.25) is 14.4 Å². The van der Waals surface area contributed by atoms with E-state index in [0.29, 0.717) is 25.7 Å². The Hall–Kier alpha value is -5.75. The summed E-state index contributed by atoms with van der Waals surface area (Å²) >= 11 is 0. The van der Waals surface area contributed by atoms with Crippen molar-refractivity contribution in [2.45, 2.75) is 117 Å². The Morgan fingerprint density at radius 2 is 0.607 bits per heavy atom. The molecule has 1 unspecified atom stereocenters. The molecule has 0 aromatic rings. The third-order valence-electron chi connectivity index (χ3n) is 7.99. The summed E-state index contributed by atoms with van der Waals surface area (Å²) < 4.78 is 16.5. The third kappa shape index (κ3) is 45.2. The second-order valence-corrected chi connectivity index (χ2v) is 13.5. The maximum absolute atomic E-state index is 12.7. The minimum absolute atomic E-state index is 0.165. The number of ether oxygens (including phenoxy) is 3. The van der Waals surface area contributed by atoms with Crippen molar-refractivity contribution in [3.63, 3.8) is 0 Å². The molecule has 0 aliphatic rings. The highest BCUT2D eigenvalue weighted by Crippen LogP contribution is 2.09. The lowest BCUT2D eigenvalue weighted by molar-refractivity contribution is -0.167. The van der Waals surface area contributed by atoms with Gasteiger partial charge in [0.1, 0.15) is 13.2 Å². The van der Waals surface area contributed by atoms with Gasteiger partial charge in [-0.25, -0.2) is 0 Å². The van der Waals surface area contributed by atoms with E-state index in [-0.39, 0.29) is 38.4 Å². The monoisotopic (exact) mass is 831 g/mol. The van der Waals surface area contributed by atoms with Gasteiger partial charge in [0.15, 0.2) is 6.10 Å². The van der Waals surface area contributed by atoms with E-state index in [1.165, 1.54) is 0 Å². The average Bonchev–Trinajstić information content (AvgIpc) is 3.26. The van der Waals surface area contributed by atoms with Crippen LogP contribution < -0.4 is 0 Å². The van der Waals surface area contributed by atoms with Crippen molar-refractivity contribution in [3.8, 4) is 0 Å². The van der Waals surface area contributed by atoms with Crippen LogP contribution in [0, 0.1) is 0 Å². The summed E-state index contributed by atoms with van der Waals surface area (Å²) in [5.74, 6) is -1.18. The number of carbonyl (C=O) groups is 3. The van der Waals surface area contributed by atoms with Crippen LogP contribution >= 0.6 is 0 Å². The fourth-order valence-corrected chi connectivity index (χ4v) is 4.77. The summed E-state index contributed by atoms with van der Waals surface area (Å²) in [5, 5.41) is 0. The van der Waals surface area contributed by atoms with Gasteiger partial charge in [-0.05, 0) is 64.2 Å². The Balaban J connectivity index is 4.76. The Bertz CT molecular complexity index is 1610. The van der Waals surface area contributed by atoms with Crippen LogP contribution in [0.25, 0.3) is 0 Å². The van der Waals surface area contributed by atoms with Crippen LogP contribution in [0.2, 0.25) is 0 Å². The van der Waals surface area contributed by atoms with Gasteiger partial charge < -0.3 is 14.2 Å². The van der Waals surface area contributed by atoms with Crippen molar-refractivity contribution in [3.05, 3.63) is 194 Å². The minimum Gasteiger partial charge on any atom is -0.462 e. The molecule has 0 aromatic heterocycles. The Morgan fingerprint density at radius 1 is 0.328 bits per heavy atom. The first-order valence-corrected chi connectivity index (χ1v) is 22.2. The lowest BCUT2D eigenvalue weighted by Crippen LogP contribution is -2.30. The largest absolute Gasteiger partial charge is 0.462 e. The average molecular weight is 831 g/mol. The van der Waals surface area contributed by atoms with Crippen LogP contribution in [0.15, 0.2) is 194 Å². The number of hydrogen-bond donors (Lipinski definition) is 0. The molecule has 0 fully saturated rings. The smallest absolute Gasteiger partial charge is 0.306 e. The van der Waals surface area contributed by atoms with Gasteiger partial charge in [0.25, 0.3) is 0 Å². The first kappa shape index (κ1) is 55.2. The number of esters is 3. The predicted molar refractivity (Wildman–Crippen MR) is 260 cm³/mol. The zero-order valence-electron chi connectivity index (χ0n) is 37.3. The van der Waals surface area contributed by atoms with E-state index >= 15 is 0 Å². The quantitative estimate of drug-likeness (QED) is 0.0274. The normalized spacial score (nSPS) is 14.0. The fraction of sp³-hybridized carbons (Fsp3) is 0.364. The molecular weight excluding hydrogens is 757 g/mol. The summed E-state index contributed by atoms with van der Waals surface area (Å²) in [6, 6.07) is 0. The Labute approximate surface area is 369 Å². The van der Waals surface area contributed by atoms with Gasteiger partial charge in [0.05, 0.1) is 0 Å². The fourth-order valence-electron chi connectivity index (χ4n) is 4.77. The highest BCUT2D eigenvalue weighted by atomic mass is 16.6. The van der Waals surface area contributed by atoms with E-state index in [1.54, 1.807) is 0 Å². The molecule has 1 atom stereocenters. The van der Waals surface area contributed by atoms with Crippen LogP contribution in [0.3, 0.4) is 0 Å². The standard InChI is InChI=1S/C55H74O6/c1-4-7-10-13-16-19-22-25-26-27-28-31-33-36-39-42-45-48-54(57)60-51-52(61-55(58)49-46-43-40-37-34-30-24-21-18-15-12-9-6-3)50-59-53(56)47-44-41-38-35-32-29-23-20-17-14-11-8-5-2/h7-35,37-38,40,52H,4-6,36,39,41-51H2,1-3H3/b10-7-,11-8-,12-9-,16-13-,17-14-,18-15-,22-19-,23-20-,24-21-,26-25-,28-27+,32-29-,33-31-,34-30-,38-35-,40-37-. The molecular formula is C55H74O6. The van der Waals surface area contributed by atoms with Gasteiger partial charge in [-0.2, -0.15) is 0 Å². The topological polar surface area (TPSA) is 78.9 Å². The molecule has 0 aromatic carbocycles. The Kier molecular flexibility index (Phi) is 42.5. The molecule has 0 saturated heterocycles. The minimum atomic E-state index is -0.873. The number of carbonyl (C=O) groups excluding carboxylic acids is 3. The summed E-state index contributed by atoms with van der Waals surface area (Å²) in [6.07, 6.45) is 72.8. The van der Waals surface area contributed by atoms with Crippen molar-refractivity contribution in [2.24, 2.45) is 0 Å².